The number of ether oxygens (including phenoxy) is 1. The second-order valence-electron chi connectivity index (χ2n) is 6.70. The van der Waals surface area contributed by atoms with E-state index in [-0.39, 0.29) is 11.9 Å². The molecule has 2 heterocycles. The van der Waals surface area contributed by atoms with Crippen LogP contribution in [-0.4, -0.2) is 54.2 Å². The van der Waals surface area contributed by atoms with E-state index in [0.29, 0.717) is 10.8 Å². The van der Waals surface area contributed by atoms with Gasteiger partial charge in [0.05, 0.1) is 31.8 Å². The van der Waals surface area contributed by atoms with Crippen molar-refractivity contribution in [1.82, 2.24) is 9.88 Å². The number of rotatable bonds is 5. The van der Waals surface area contributed by atoms with Gasteiger partial charge in [-0.15, -0.1) is 10.2 Å². The molecule has 3 rings (SSSR count). The molecule has 1 aliphatic heterocycles. The van der Waals surface area contributed by atoms with Gasteiger partial charge in [0.15, 0.2) is 5.69 Å². The molecular formula is C18H26N5O2S+. The topological polar surface area (TPSA) is 75.6 Å². The largest absolute Gasteiger partial charge is 0.493 e. The highest BCUT2D eigenvalue weighted by molar-refractivity contribution is 7.80. The van der Waals surface area contributed by atoms with Gasteiger partial charge in [0.25, 0.3) is 0 Å². The number of aromatic hydroxyl groups is 1. The Morgan fingerprint density at radius 2 is 2.08 bits per heavy atom. The maximum Gasteiger partial charge on any atom is 0.221 e. The minimum Gasteiger partial charge on any atom is -0.493 e. The summed E-state index contributed by atoms with van der Waals surface area (Å²) in [5, 5.41) is 23.2. The van der Waals surface area contributed by atoms with E-state index < -0.39 is 0 Å². The fourth-order valence-corrected chi connectivity index (χ4v) is 3.38. The number of nitrogens with one attached hydrogen (secondary N) is 2. The van der Waals surface area contributed by atoms with Gasteiger partial charge in [-0.2, -0.15) is 0 Å². The van der Waals surface area contributed by atoms with Crippen LogP contribution in [0, 0.1) is 0 Å². The van der Waals surface area contributed by atoms with Gasteiger partial charge in [0.2, 0.25) is 11.0 Å². The van der Waals surface area contributed by atoms with Gasteiger partial charge < -0.3 is 24.6 Å². The van der Waals surface area contributed by atoms with Crippen molar-refractivity contribution >= 4 is 33.9 Å². The average molecular weight is 377 g/mol. The van der Waals surface area contributed by atoms with Crippen LogP contribution < -0.4 is 10.2 Å². The number of para-hydroxylation sites is 1. The smallest absolute Gasteiger partial charge is 0.221 e. The van der Waals surface area contributed by atoms with Gasteiger partial charge in [-0.05, 0) is 32.1 Å². The van der Waals surface area contributed by atoms with Crippen LogP contribution in [0.4, 0.5) is 5.69 Å². The molecule has 8 heteroatoms. The number of fused-ring (bicyclic) bond motifs is 1. The molecule has 0 unspecified atom stereocenters. The van der Waals surface area contributed by atoms with Crippen molar-refractivity contribution < 1.29 is 14.7 Å². The third-order valence-electron chi connectivity index (χ3n) is 4.57. The van der Waals surface area contributed by atoms with Gasteiger partial charge in [0, 0.05) is 11.4 Å². The zero-order valence-electron chi connectivity index (χ0n) is 15.2. The van der Waals surface area contributed by atoms with E-state index in [0.717, 1.165) is 50.3 Å². The van der Waals surface area contributed by atoms with Crippen LogP contribution >= 0.6 is 12.2 Å². The Labute approximate surface area is 158 Å². The fourth-order valence-electron chi connectivity index (χ4n) is 3.24. The molecule has 0 atom stereocenters. The lowest BCUT2D eigenvalue weighted by Gasteiger charge is -2.23. The van der Waals surface area contributed by atoms with Crippen LogP contribution in [0.1, 0.15) is 19.9 Å². The van der Waals surface area contributed by atoms with E-state index in [9.17, 15) is 5.11 Å². The second-order valence-corrected chi connectivity index (χ2v) is 7.08. The Kier molecular flexibility index (Phi) is 6.18. The molecule has 0 radical (unpaired) electrons. The molecule has 2 aromatic rings. The number of nitrogens with zero attached hydrogens (tertiary/aromatic N) is 3. The third-order valence-corrected chi connectivity index (χ3v) is 4.80. The summed E-state index contributed by atoms with van der Waals surface area (Å²) in [6.45, 7) is 9.44. The number of hydrogen-bond acceptors (Lipinski definition) is 4. The summed E-state index contributed by atoms with van der Waals surface area (Å²) in [6.07, 6.45) is 0. The van der Waals surface area contributed by atoms with E-state index in [1.807, 2.05) is 42.7 Å². The molecule has 0 amide bonds. The Balaban J connectivity index is 1.66. The molecule has 0 saturated carbocycles. The van der Waals surface area contributed by atoms with Gasteiger partial charge >= 0.3 is 0 Å². The fraction of sp³-hybridized carbons (Fsp3) is 0.500. The molecule has 0 bridgehead atoms. The van der Waals surface area contributed by atoms with Crippen molar-refractivity contribution in [3.63, 3.8) is 0 Å². The number of azo groups is 1. The van der Waals surface area contributed by atoms with Crippen LogP contribution in [0.3, 0.4) is 0 Å². The van der Waals surface area contributed by atoms with E-state index in [2.05, 4.69) is 15.5 Å². The number of thiocarbonyl (C=S) groups is 1. The van der Waals surface area contributed by atoms with E-state index in [1.54, 1.807) is 0 Å². The van der Waals surface area contributed by atoms with Gasteiger partial charge in [-0.3, -0.25) is 0 Å². The normalized spacial score (nSPS) is 16.0. The first-order chi connectivity index (χ1) is 12.6. The lowest BCUT2D eigenvalue weighted by Crippen LogP contribution is -3.14. The molecular weight excluding hydrogens is 350 g/mol. The average Bonchev–Trinajstić information content (AvgIpc) is 2.92. The number of quaternary nitrogens is 1. The molecule has 1 aliphatic rings. The van der Waals surface area contributed by atoms with E-state index in [1.165, 1.54) is 4.90 Å². The predicted molar refractivity (Wildman–Crippen MR) is 105 cm³/mol. The highest BCUT2D eigenvalue weighted by Crippen LogP contribution is 2.40. The first-order valence-corrected chi connectivity index (χ1v) is 9.41. The summed E-state index contributed by atoms with van der Waals surface area (Å²) in [5.41, 5.74) is 1.39. The summed E-state index contributed by atoms with van der Waals surface area (Å²) in [6, 6.07) is 7.89. The molecule has 1 aromatic carbocycles. The minimum atomic E-state index is 0.116. The summed E-state index contributed by atoms with van der Waals surface area (Å²) >= 11 is 5.25. The third kappa shape index (κ3) is 4.20. The minimum absolute atomic E-state index is 0.116. The van der Waals surface area contributed by atoms with Crippen LogP contribution in [0.2, 0.25) is 0 Å². The number of aromatic nitrogens is 1. The van der Waals surface area contributed by atoms with Crippen LogP contribution in [-0.2, 0) is 4.74 Å². The Bertz CT molecular complexity index is 796. The lowest BCUT2D eigenvalue weighted by molar-refractivity contribution is -0.906. The standard InChI is InChI=1S/C18H25N5O2S/c1-13(2)23-15-6-4-3-5-14(15)16(17(23)24)20-21-18(26)19-7-8-22-9-11-25-12-10-22/h3-6,13,24H,7-12H2,1-2H3,(H,19,26)/p+1. The van der Waals surface area contributed by atoms with Crippen molar-refractivity contribution in [3.05, 3.63) is 24.3 Å². The predicted octanol–water partition coefficient (Wildman–Crippen LogP) is 1.80. The van der Waals surface area contributed by atoms with E-state index in [4.69, 9.17) is 17.0 Å². The molecule has 3 N–H and O–H groups in total. The maximum absolute atomic E-state index is 10.6. The lowest BCUT2D eigenvalue weighted by atomic mass is 10.2. The maximum atomic E-state index is 10.6. The SMILES string of the molecule is CC(C)n1c(O)c(N=NC(=S)NCC[NH+]2CCOCC2)c2ccccc21. The second kappa shape index (κ2) is 8.57. The first kappa shape index (κ1) is 18.8. The van der Waals surface area contributed by atoms with Crippen LogP contribution in [0.15, 0.2) is 34.5 Å². The highest BCUT2D eigenvalue weighted by Gasteiger charge is 2.18. The van der Waals surface area contributed by atoms with E-state index >= 15 is 0 Å². The molecule has 7 nitrogen and oxygen atoms in total. The summed E-state index contributed by atoms with van der Waals surface area (Å²) in [7, 11) is 0. The Morgan fingerprint density at radius 3 is 2.81 bits per heavy atom. The molecule has 26 heavy (non-hydrogen) atoms. The zero-order valence-corrected chi connectivity index (χ0v) is 16.1. The van der Waals surface area contributed by atoms with Gasteiger partial charge in [0.1, 0.15) is 13.1 Å². The first-order valence-electron chi connectivity index (χ1n) is 9.00. The summed E-state index contributed by atoms with van der Waals surface area (Å²) < 4.78 is 7.20. The summed E-state index contributed by atoms with van der Waals surface area (Å²) in [5.74, 6) is 0.116. The Morgan fingerprint density at radius 1 is 1.35 bits per heavy atom. The highest BCUT2D eigenvalue weighted by atomic mass is 32.1. The molecule has 1 aromatic heterocycles. The number of morpholine rings is 1. The summed E-state index contributed by atoms with van der Waals surface area (Å²) in [4.78, 5) is 1.50. The van der Waals surface area contributed by atoms with Crippen molar-refractivity contribution in [2.45, 2.75) is 19.9 Å². The van der Waals surface area contributed by atoms with Gasteiger partial charge in [-0.1, -0.05) is 18.2 Å². The van der Waals surface area contributed by atoms with Crippen molar-refractivity contribution in [1.29, 1.82) is 0 Å². The van der Waals surface area contributed by atoms with Crippen molar-refractivity contribution in [3.8, 4) is 5.88 Å². The van der Waals surface area contributed by atoms with Crippen molar-refractivity contribution in [2.24, 2.45) is 10.2 Å². The Hall–Kier alpha value is -2.03. The number of hydrogen-bond donors (Lipinski definition) is 3. The van der Waals surface area contributed by atoms with Crippen LogP contribution in [0.25, 0.3) is 10.9 Å². The molecule has 1 saturated heterocycles. The molecule has 0 spiro atoms. The monoisotopic (exact) mass is 376 g/mol. The van der Waals surface area contributed by atoms with Gasteiger partial charge in [-0.25, -0.2) is 0 Å². The molecule has 140 valence electrons. The van der Waals surface area contributed by atoms with Crippen LogP contribution in [0.5, 0.6) is 5.88 Å². The molecule has 1 fully saturated rings. The molecule has 0 aliphatic carbocycles. The number of benzene rings is 1. The van der Waals surface area contributed by atoms with Crippen molar-refractivity contribution in [2.75, 3.05) is 39.4 Å². The quantitative estimate of drug-likeness (QED) is 0.549. The zero-order chi connectivity index (χ0) is 18.5.